The number of imide groups is 1. The van der Waals surface area contributed by atoms with E-state index < -0.39 is 19.1 Å². The molecule has 2 fully saturated rings. The summed E-state index contributed by atoms with van der Waals surface area (Å²) in [7, 11) is 0.478. The number of carbonyl (C=O) groups is 2. The normalized spacial score (nSPS) is 29.4. The van der Waals surface area contributed by atoms with Gasteiger partial charge in [-0.1, -0.05) is 18.9 Å². The zero-order valence-corrected chi connectivity index (χ0v) is 17.4. The lowest BCUT2D eigenvalue weighted by atomic mass is 9.54. The minimum absolute atomic E-state index is 0.110. The second-order valence-electron chi connectivity index (χ2n) is 8.70. The number of benzene rings is 1. The smallest absolute Gasteiger partial charge is 0.487 e. The summed E-state index contributed by atoms with van der Waals surface area (Å²) in [4.78, 5) is 26.9. The minimum atomic E-state index is -1.08. The molecule has 2 aliphatic heterocycles. The van der Waals surface area contributed by atoms with Crippen LogP contribution in [0.3, 0.4) is 0 Å². The highest BCUT2D eigenvalue weighted by molar-refractivity contribution is 6.53. The summed E-state index contributed by atoms with van der Waals surface area (Å²) in [5.74, 6) is -0.974. The van der Waals surface area contributed by atoms with Gasteiger partial charge in [0, 0.05) is 7.05 Å². The standard InChI is InChI=1S/C22H28BNO5/c1-5-6-13-9-16-18(22(27)24(4)21(16)26)15-10-17(29-23(28)19(13)15)14-7-11(2)20(25)12(3)8-14/h7-8,15-18,25,28H,5-6,9-10H2,1-4H3/t15-,16-,17-,18+/m0/s1. The molecule has 0 aromatic heterocycles. The quantitative estimate of drug-likeness (QED) is 0.605. The van der Waals surface area contributed by atoms with Gasteiger partial charge in [-0.2, -0.15) is 0 Å². The Morgan fingerprint density at radius 3 is 2.45 bits per heavy atom. The third kappa shape index (κ3) is 3.11. The number of allylic oxidation sites excluding steroid dienone is 2. The van der Waals surface area contributed by atoms with Crippen LogP contribution in [0, 0.1) is 31.6 Å². The third-order valence-electron chi connectivity index (χ3n) is 6.87. The first-order valence-electron chi connectivity index (χ1n) is 10.4. The summed E-state index contributed by atoms with van der Waals surface area (Å²) in [6.07, 6.45) is 2.38. The fourth-order valence-corrected chi connectivity index (χ4v) is 5.50. The number of nitrogens with zero attached hydrogens (tertiary/aromatic N) is 1. The minimum Gasteiger partial charge on any atom is -0.507 e. The van der Waals surface area contributed by atoms with E-state index in [9.17, 15) is 19.7 Å². The van der Waals surface area contributed by atoms with E-state index in [1.165, 1.54) is 4.90 Å². The summed E-state index contributed by atoms with van der Waals surface area (Å²) in [5.41, 5.74) is 4.26. The van der Waals surface area contributed by atoms with E-state index >= 15 is 0 Å². The van der Waals surface area contributed by atoms with Crippen molar-refractivity contribution in [1.82, 2.24) is 4.90 Å². The fraction of sp³-hybridized carbons (Fsp3) is 0.545. The first-order valence-corrected chi connectivity index (χ1v) is 10.4. The molecule has 0 unspecified atom stereocenters. The molecule has 2 heterocycles. The van der Waals surface area contributed by atoms with E-state index in [0.29, 0.717) is 12.8 Å². The van der Waals surface area contributed by atoms with E-state index in [-0.39, 0.29) is 29.4 Å². The van der Waals surface area contributed by atoms with Crippen molar-refractivity contribution in [2.24, 2.45) is 17.8 Å². The Morgan fingerprint density at radius 1 is 1.17 bits per heavy atom. The molecule has 154 valence electrons. The second kappa shape index (κ2) is 7.29. The van der Waals surface area contributed by atoms with Crippen molar-refractivity contribution in [3.05, 3.63) is 39.9 Å². The van der Waals surface area contributed by atoms with Crippen molar-refractivity contribution >= 4 is 18.9 Å². The SMILES string of the molecule is CCCC1=C2B(O)O[C@H](c3cc(C)c(O)c(C)c3)C[C@H]2[C@H]2C(=O)N(C)C(=O)[C@H]2C1. The van der Waals surface area contributed by atoms with E-state index in [1.807, 2.05) is 26.0 Å². The Balaban J connectivity index is 1.76. The number of carbonyl (C=O) groups excluding carboxylic acids is 2. The molecule has 1 aromatic carbocycles. The molecular weight excluding hydrogens is 369 g/mol. The van der Waals surface area contributed by atoms with Crippen molar-refractivity contribution in [3.63, 3.8) is 0 Å². The zero-order valence-electron chi connectivity index (χ0n) is 17.4. The number of likely N-dealkylation sites (tertiary alicyclic amines) is 1. The van der Waals surface area contributed by atoms with Crippen LogP contribution in [-0.4, -0.2) is 41.0 Å². The van der Waals surface area contributed by atoms with E-state index in [0.717, 1.165) is 40.6 Å². The van der Waals surface area contributed by atoms with Crippen LogP contribution in [0.2, 0.25) is 0 Å². The maximum absolute atomic E-state index is 12.9. The van der Waals surface area contributed by atoms with Crippen LogP contribution in [0.1, 0.15) is 55.4 Å². The number of hydrogen-bond donors (Lipinski definition) is 2. The van der Waals surface area contributed by atoms with Crippen LogP contribution >= 0.6 is 0 Å². The summed E-state index contributed by atoms with van der Waals surface area (Å²) < 4.78 is 6.01. The highest BCUT2D eigenvalue weighted by Crippen LogP contribution is 2.52. The van der Waals surface area contributed by atoms with Gasteiger partial charge in [0.2, 0.25) is 11.8 Å². The molecule has 2 amide bonds. The number of phenols is 1. The Kier molecular flexibility index (Phi) is 5.07. The van der Waals surface area contributed by atoms with Gasteiger partial charge in [0.1, 0.15) is 5.75 Å². The summed E-state index contributed by atoms with van der Waals surface area (Å²) in [6, 6.07) is 3.74. The Labute approximate surface area is 171 Å². The number of hydrogen-bond acceptors (Lipinski definition) is 5. The highest BCUT2D eigenvalue weighted by Gasteiger charge is 2.56. The molecule has 2 saturated heterocycles. The second-order valence-corrected chi connectivity index (χ2v) is 8.70. The average molecular weight is 397 g/mol. The van der Waals surface area contributed by atoms with Crippen molar-refractivity contribution < 1.29 is 24.4 Å². The molecule has 0 radical (unpaired) electrons. The van der Waals surface area contributed by atoms with Crippen LogP contribution in [0.5, 0.6) is 5.75 Å². The monoisotopic (exact) mass is 397 g/mol. The first kappa shape index (κ1) is 20.2. The third-order valence-corrected chi connectivity index (χ3v) is 6.87. The largest absolute Gasteiger partial charge is 0.507 e. The van der Waals surface area contributed by atoms with Crippen LogP contribution in [0.15, 0.2) is 23.2 Å². The number of amides is 2. The van der Waals surface area contributed by atoms with Gasteiger partial charge in [-0.05, 0) is 73.3 Å². The predicted octanol–water partition coefficient (Wildman–Crippen LogP) is 2.84. The number of aromatic hydroxyl groups is 1. The number of phenolic OH excluding ortho intramolecular Hbond substituents is 1. The number of rotatable bonds is 3. The molecule has 4 rings (SSSR count). The molecule has 0 spiro atoms. The molecular formula is C22H28BNO5. The lowest BCUT2D eigenvalue weighted by molar-refractivity contribution is -0.138. The topological polar surface area (TPSA) is 87.1 Å². The van der Waals surface area contributed by atoms with Gasteiger partial charge in [-0.15, -0.1) is 0 Å². The van der Waals surface area contributed by atoms with Crippen molar-refractivity contribution in [2.75, 3.05) is 7.05 Å². The van der Waals surface area contributed by atoms with E-state index in [2.05, 4.69) is 6.92 Å². The Morgan fingerprint density at radius 2 is 1.83 bits per heavy atom. The van der Waals surface area contributed by atoms with Gasteiger partial charge < -0.3 is 14.8 Å². The van der Waals surface area contributed by atoms with Gasteiger partial charge in [-0.3, -0.25) is 14.5 Å². The molecule has 1 aliphatic carbocycles. The fourth-order valence-electron chi connectivity index (χ4n) is 5.50. The van der Waals surface area contributed by atoms with Crippen LogP contribution in [0.25, 0.3) is 0 Å². The number of fused-ring (bicyclic) bond motifs is 3. The first-order chi connectivity index (χ1) is 13.7. The summed E-state index contributed by atoms with van der Waals surface area (Å²) in [5, 5.41) is 21.0. The van der Waals surface area contributed by atoms with Crippen molar-refractivity contribution in [3.8, 4) is 5.75 Å². The maximum Gasteiger partial charge on any atom is 0.487 e. The van der Waals surface area contributed by atoms with Crippen LogP contribution in [0.4, 0.5) is 0 Å². The maximum atomic E-state index is 12.9. The van der Waals surface area contributed by atoms with E-state index in [4.69, 9.17) is 4.65 Å². The van der Waals surface area contributed by atoms with Gasteiger partial charge >= 0.3 is 7.12 Å². The molecule has 6 nitrogen and oxygen atoms in total. The van der Waals surface area contributed by atoms with Gasteiger partial charge in [-0.25, -0.2) is 0 Å². The Hall–Kier alpha value is -2.12. The zero-order chi connectivity index (χ0) is 21.0. The molecule has 1 aromatic rings. The molecule has 7 heteroatoms. The molecule has 2 N–H and O–H groups in total. The molecule has 0 saturated carbocycles. The summed E-state index contributed by atoms with van der Waals surface area (Å²) in [6.45, 7) is 5.74. The van der Waals surface area contributed by atoms with Crippen LogP contribution < -0.4 is 0 Å². The van der Waals surface area contributed by atoms with Gasteiger partial charge in [0.25, 0.3) is 0 Å². The lowest BCUT2D eigenvalue weighted by Gasteiger charge is -2.42. The van der Waals surface area contributed by atoms with Crippen LogP contribution in [-0.2, 0) is 14.2 Å². The van der Waals surface area contributed by atoms with Gasteiger partial charge in [0.15, 0.2) is 0 Å². The average Bonchev–Trinajstić information content (AvgIpc) is 2.89. The molecule has 3 aliphatic rings. The molecule has 29 heavy (non-hydrogen) atoms. The summed E-state index contributed by atoms with van der Waals surface area (Å²) >= 11 is 0. The predicted molar refractivity (Wildman–Crippen MR) is 109 cm³/mol. The lowest BCUT2D eigenvalue weighted by Crippen LogP contribution is -2.44. The van der Waals surface area contributed by atoms with Gasteiger partial charge in [0.05, 0.1) is 17.9 Å². The number of aryl methyl sites for hydroxylation is 2. The van der Waals surface area contributed by atoms with E-state index in [1.54, 1.807) is 7.05 Å². The van der Waals surface area contributed by atoms with Crippen molar-refractivity contribution in [2.45, 2.75) is 52.6 Å². The molecule has 4 atom stereocenters. The Bertz CT molecular complexity index is 887. The molecule has 0 bridgehead atoms. The highest BCUT2D eigenvalue weighted by atomic mass is 16.5. The van der Waals surface area contributed by atoms with Crippen molar-refractivity contribution in [1.29, 1.82) is 0 Å².